The average Bonchev–Trinajstić information content (AvgIpc) is 2.73. The lowest BCUT2D eigenvalue weighted by Gasteiger charge is -2.14. The van der Waals surface area contributed by atoms with E-state index in [9.17, 15) is 0 Å². The van der Waals surface area contributed by atoms with Gasteiger partial charge in [0, 0.05) is 30.9 Å². The van der Waals surface area contributed by atoms with Crippen LogP contribution in [0.3, 0.4) is 0 Å². The SMILES string of the molecule is CC(NCc1ccn(C)n1)c1ccccc1Cl. The summed E-state index contributed by atoms with van der Waals surface area (Å²) in [5.41, 5.74) is 2.15. The first-order chi connectivity index (χ1) is 8.16. The van der Waals surface area contributed by atoms with Crippen molar-refractivity contribution in [1.82, 2.24) is 15.1 Å². The Hall–Kier alpha value is -1.32. The molecule has 0 aliphatic rings. The summed E-state index contributed by atoms with van der Waals surface area (Å²) in [7, 11) is 1.92. The second kappa shape index (κ2) is 5.34. The number of nitrogens with zero attached hydrogens (tertiary/aromatic N) is 2. The van der Waals surface area contributed by atoms with Crippen LogP contribution >= 0.6 is 11.6 Å². The van der Waals surface area contributed by atoms with Gasteiger partial charge < -0.3 is 5.32 Å². The van der Waals surface area contributed by atoms with Crippen LogP contribution in [0.5, 0.6) is 0 Å². The second-order valence-electron chi connectivity index (χ2n) is 4.10. The van der Waals surface area contributed by atoms with E-state index in [1.807, 2.05) is 43.6 Å². The maximum atomic E-state index is 6.15. The molecule has 2 aromatic rings. The Morgan fingerprint density at radius 3 is 2.76 bits per heavy atom. The quantitative estimate of drug-likeness (QED) is 0.903. The first kappa shape index (κ1) is 12.1. The van der Waals surface area contributed by atoms with Crippen molar-refractivity contribution in [2.24, 2.45) is 7.05 Å². The topological polar surface area (TPSA) is 29.9 Å². The number of hydrogen-bond acceptors (Lipinski definition) is 2. The fraction of sp³-hybridized carbons (Fsp3) is 0.308. The smallest absolute Gasteiger partial charge is 0.0762 e. The van der Waals surface area contributed by atoms with Gasteiger partial charge in [0.15, 0.2) is 0 Å². The molecule has 1 aromatic heterocycles. The molecule has 0 spiro atoms. The summed E-state index contributed by atoms with van der Waals surface area (Å²) in [6.45, 7) is 2.84. The Labute approximate surface area is 106 Å². The molecule has 2 rings (SSSR count). The van der Waals surface area contributed by atoms with Gasteiger partial charge in [-0.05, 0) is 24.6 Å². The molecule has 0 bridgehead atoms. The van der Waals surface area contributed by atoms with E-state index in [0.29, 0.717) is 0 Å². The van der Waals surface area contributed by atoms with Crippen molar-refractivity contribution in [3.8, 4) is 0 Å². The van der Waals surface area contributed by atoms with Crippen LogP contribution in [0.2, 0.25) is 5.02 Å². The molecule has 0 aliphatic heterocycles. The molecular weight excluding hydrogens is 234 g/mol. The van der Waals surface area contributed by atoms with Gasteiger partial charge in [0.2, 0.25) is 0 Å². The van der Waals surface area contributed by atoms with Crippen molar-refractivity contribution in [2.45, 2.75) is 19.5 Å². The van der Waals surface area contributed by atoms with Crippen LogP contribution in [0.4, 0.5) is 0 Å². The number of nitrogens with one attached hydrogen (secondary N) is 1. The third kappa shape index (κ3) is 3.08. The molecule has 3 nitrogen and oxygen atoms in total. The first-order valence-electron chi connectivity index (χ1n) is 5.63. The van der Waals surface area contributed by atoms with Crippen molar-refractivity contribution < 1.29 is 0 Å². The number of aromatic nitrogens is 2. The Kier molecular flexibility index (Phi) is 3.82. The minimum Gasteiger partial charge on any atom is -0.304 e. The zero-order chi connectivity index (χ0) is 12.3. The zero-order valence-corrected chi connectivity index (χ0v) is 10.8. The lowest BCUT2D eigenvalue weighted by molar-refractivity contribution is 0.562. The summed E-state index contributed by atoms with van der Waals surface area (Å²) in [6, 6.07) is 10.1. The van der Waals surface area contributed by atoms with Crippen molar-refractivity contribution in [1.29, 1.82) is 0 Å². The van der Waals surface area contributed by atoms with Gasteiger partial charge in [0.1, 0.15) is 0 Å². The van der Waals surface area contributed by atoms with Crippen LogP contribution in [0.15, 0.2) is 36.5 Å². The highest BCUT2D eigenvalue weighted by molar-refractivity contribution is 6.31. The summed E-state index contributed by atoms with van der Waals surface area (Å²) in [5, 5.41) is 8.53. The van der Waals surface area contributed by atoms with E-state index in [-0.39, 0.29) is 6.04 Å². The fourth-order valence-electron chi connectivity index (χ4n) is 1.75. The van der Waals surface area contributed by atoms with E-state index in [1.54, 1.807) is 4.68 Å². The van der Waals surface area contributed by atoms with Gasteiger partial charge in [0.25, 0.3) is 0 Å². The highest BCUT2D eigenvalue weighted by atomic mass is 35.5. The third-order valence-electron chi connectivity index (χ3n) is 2.73. The van der Waals surface area contributed by atoms with Crippen molar-refractivity contribution >= 4 is 11.6 Å². The van der Waals surface area contributed by atoms with Crippen LogP contribution in [0, 0.1) is 0 Å². The van der Waals surface area contributed by atoms with Crippen LogP contribution in [-0.2, 0) is 13.6 Å². The Morgan fingerprint density at radius 1 is 1.35 bits per heavy atom. The van der Waals surface area contributed by atoms with E-state index in [4.69, 9.17) is 11.6 Å². The standard InChI is InChI=1S/C13H16ClN3/c1-10(12-5-3-4-6-13(12)14)15-9-11-7-8-17(2)16-11/h3-8,10,15H,9H2,1-2H3. The molecular formula is C13H16ClN3. The molecule has 1 heterocycles. The number of benzene rings is 1. The maximum Gasteiger partial charge on any atom is 0.0762 e. The van der Waals surface area contributed by atoms with Crippen LogP contribution in [0.25, 0.3) is 0 Å². The molecule has 1 atom stereocenters. The molecule has 0 aliphatic carbocycles. The molecule has 1 aromatic carbocycles. The Morgan fingerprint density at radius 2 is 2.12 bits per heavy atom. The monoisotopic (exact) mass is 249 g/mol. The first-order valence-corrected chi connectivity index (χ1v) is 6.01. The van der Waals surface area contributed by atoms with Crippen molar-refractivity contribution in [2.75, 3.05) is 0 Å². The summed E-state index contributed by atoms with van der Waals surface area (Å²) in [4.78, 5) is 0. The maximum absolute atomic E-state index is 6.15. The lowest BCUT2D eigenvalue weighted by atomic mass is 10.1. The summed E-state index contributed by atoms with van der Waals surface area (Å²) in [6.07, 6.45) is 1.94. The number of halogens is 1. The van der Waals surface area contributed by atoms with Gasteiger partial charge in [-0.25, -0.2) is 0 Å². The van der Waals surface area contributed by atoms with Crippen molar-refractivity contribution in [3.63, 3.8) is 0 Å². The van der Waals surface area contributed by atoms with Gasteiger partial charge in [-0.15, -0.1) is 0 Å². The molecule has 1 unspecified atom stereocenters. The minimum atomic E-state index is 0.214. The molecule has 1 N–H and O–H groups in total. The van der Waals surface area contributed by atoms with Crippen molar-refractivity contribution in [3.05, 3.63) is 52.8 Å². The number of hydrogen-bond donors (Lipinski definition) is 1. The second-order valence-corrected chi connectivity index (χ2v) is 4.51. The van der Waals surface area contributed by atoms with E-state index >= 15 is 0 Å². The molecule has 0 saturated heterocycles. The van der Waals surface area contributed by atoms with Crippen LogP contribution < -0.4 is 5.32 Å². The predicted molar refractivity (Wildman–Crippen MR) is 69.9 cm³/mol. The molecule has 0 fully saturated rings. The fourth-order valence-corrected chi connectivity index (χ4v) is 2.05. The highest BCUT2D eigenvalue weighted by Gasteiger charge is 2.08. The lowest BCUT2D eigenvalue weighted by Crippen LogP contribution is -2.18. The minimum absolute atomic E-state index is 0.214. The van der Waals surface area contributed by atoms with E-state index < -0.39 is 0 Å². The van der Waals surface area contributed by atoms with Gasteiger partial charge in [-0.3, -0.25) is 4.68 Å². The molecule has 90 valence electrons. The zero-order valence-electron chi connectivity index (χ0n) is 10.0. The number of rotatable bonds is 4. The Balaban J connectivity index is 1.98. The molecule has 0 radical (unpaired) electrons. The molecule has 17 heavy (non-hydrogen) atoms. The van der Waals surface area contributed by atoms with Gasteiger partial charge in [-0.1, -0.05) is 29.8 Å². The Bertz CT molecular complexity index is 493. The summed E-state index contributed by atoms with van der Waals surface area (Å²) < 4.78 is 1.80. The van der Waals surface area contributed by atoms with Crippen LogP contribution in [0.1, 0.15) is 24.2 Å². The molecule has 0 amide bonds. The summed E-state index contributed by atoms with van der Waals surface area (Å²) in [5.74, 6) is 0. The molecule has 0 saturated carbocycles. The van der Waals surface area contributed by atoms with E-state index in [1.165, 1.54) is 0 Å². The average molecular weight is 250 g/mol. The van der Waals surface area contributed by atoms with Gasteiger partial charge in [0.05, 0.1) is 5.69 Å². The normalized spacial score (nSPS) is 12.6. The predicted octanol–water partition coefficient (Wildman–Crippen LogP) is 2.92. The van der Waals surface area contributed by atoms with E-state index in [0.717, 1.165) is 22.8 Å². The van der Waals surface area contributed by atoms with E-state index in [2.05, 4.69) is 17.3 Å². The summed E-state index contributed by atoms with van der Waals surface area (Å²) >= 11 is 6.15. The van der Waals surface area contributed by atoms with Gasteiger partial charge in [-0.2, -0.15) is 5.10 Å². The third-order valence-corrected chi connectivity index (χ3v) is 3.07. The highest BCUT2D eigenvalue weighted by Crippen LogP contribution is 2.22. The van der Waals surface area contributed by atoms with Crippen LogP contribution in [-0.4, -0.2) is 9.78 Å². The molecule has 4 heteroatoms. The van der Waals surface area contributed by atoms with Gasteiger partial charge >= 0.3 is 0 Å². The largest absolute Gasteiger partial charge is 0.304 e. The number of aryl methyl sites for hydroxylation is 1.